The number of likely N-dealkylation sites (tertiary alicyclic amines) is 1. The van der Waals surface area contributed by atoms with Gasteiger partial charge in [0.25, 0.3) is 0 Å². The number of nitrogens with one attached hydrogen (secondary N) is 1. The Labute approximate surface area is 187 Å². The topological polar surface area (TPSA) is 95.9 Å². The van der Waals surface area contributed by atoms with E-state index in [1.54, 1.807) is 4.90 Å². The van der Waals surface area contributed by atoms with Crippen LogP contribution in [0.5, 0.6) is 0 Å². The van der Waals surface area contributed by atoms with Gasteiger partial charge in [-0.05, 0) is 41.0 Å². The summed E-state index contributed by atoms with van der Waals surface area (Å²) < 4.78 is 5.49. The summed E-state index contributed by atoms with van der Waals surface area (Å²) in [5.41, 5.74) is 4.71. The summed E-state index contributed by atoms with van der Waals surface area (Å²) in [5, 5.41) is 11.4. The third-order valence-corrected chi connectivity index (χ3v) is 6.26. The summed E-state index contributed by atoms with van der Waals surface area (Å²) in [6.45, 7) is 1.90. The van der Waals surface area contributed by atoms with Crippen LogP contribution in [-0.2, 0) is 14.3 Å². The Bertz CT molecular complexity index is 954. The van der Waals surface area contributed by atoms with Crippen molar-refractivity contribution in [1.82, 2.24) is 10.2 Å². The Hall–Kier alpha value is -3.35. The van der Waals surface area contributed by atoms with Crippen molar-refractivity contribution >= 4 is 18.0 Å². The van der Waals surface area contributed by atoms with Crippen LogP contribution >= 0.6 is 0 Å². The molecule has 7 nitrogen and oxygen atoms in total. The van der Waals surface area contributed by atoms with E-state index in [4.69, 9.17) is 9.84 Å². The maximum absolute atomic E-state index is 12.2. The normalized spacial score (nSPS) is 14.9. The molecule has 2 N–H and O–H groups in total. The Morgan fingerprint density at radius 2 is 1.59 bits per heavy atom. The van der Waals surface area contributed by atoms with Crippen LogP contribution in [0.2, 0.25) is 0 Å². The number of fused-ring (bicyclic) bond motifs is 3. The average molecular weight is 437 g/mol. The lowest BCUT2D eigenvalue weighted by molar-refractivity contribution is -0.139. The molecule has 1 fully saturated rings. The fourth-order valence-electron chi connectivity index (χ4n) is 4.52. The average Bonchev–Trinajstić information content (AvgIpc) is 3.08. The van der Waals surface area contributed by atoms with E-state index in [9.17, 15) is 14.4 Å². The van der Waals surface area contributed by atoms with Crippen LogP contribution < -0.4 is 5.32 Å². The number of carboxylic acid groups (broad SMARTS) is 1. The van der Waals surface area contributed by atoms with Crippen molar-refractivity contribution in [2.75, 3.05) is 26.2 Å². The van der Waals surface area contributed by atoms with Crippen molar-refractivity contribution in [1.29, 1.82) is 0 Å². The Balaban J connectivity index is 1.15. The van der Waals surface area contributed by atoms with E-state index in [2.05, 4.69) is 29.6 Å². The van der Waals surface area contributed by atoms with E-state index in [-0.39, 0.29) is 30.8 Å². The molecule has 1 aliphatic carbocycles. The van der Waals surface area contributed by atoms with E-state index >= 15 is 0 Å². The molecule has 0 unspecified atom stereocenters. The zero-order valence-electron chi connectivity index (χ0n) is 18.0. The molecule has 0 atom stereocenters. The van der Waals surface area contributed by atoms with Crippen LogP contribution in [0.4, 0.5) is 4.79 Å². The second-order valence-corrected chi connectivity index (χ2v) is 8.45. The van der Waals surface area contributed by atoms with Gasteiger partial charge in [-0.25, -0.2) is 4.79 Å². The van der Waals surface area contributed by atoms with Crippen molar-refractivity contribution in [3.63, 3.8) is 0 Å². The lowest BCUT2D eigenvalue weighted by Crippen LogP contribution is -2.50. The molecule has 7 heteroatoms. The van der Waals surface area contributed by atoms with Crippen LogP contribution in [0.15, 0.2) is 48.5 Å². The maximum atomic E-state index is 12.2. The number of hydrogen-bond donors (Lipinski definition) is 2. The third kappa shape index (κ3) is 4.93. The first-order valence-corrected chi connectivity index (χ1v) is 11.1. The van der Waals surface area contributed by atoms with Crippen molar-refractivity contribution in [2.45, 2.75) is 31.6 Å². The van der Waals surface area contributed by atoms with Gasteiger partial charge in [-0.1, -0.05) is 48.5 Å². The molecule has 0 spiro atoms. The number of carbonyl (C=O) groups excluding carboxylic acids is 2. The van der Waals surface area contributed by atoms with Crippen molar-refractivity contribution in [3.8, 4) is 11.1 Å². The Morgan fingerprint density at radius 1 is 0.969 bits per heavy atom. The fraction of sp³-hybridized carbons (Fsp3) is 0.400. The lowest BCUT2D eigenvalue weighted by Gasteiger charge is -2.39. The van der Waals surface area contributed by atoms with E-state index in [1.807, 2.05) is 24.3 Å². The Kier molecular flexibility index (Phi) is 6.73. The number of carbonyl (C=O) groups is 3. The molecule has 2 aromatic carbocycles. The molecule has 32 heavy (non-hydrogen) atoms. The fourth-order valence-corrected chi connectivity index (χ4v) is 4.52. The molecule has 0 bridgehead atoms. The number of aliphatic carboxylic acids is 1. The van der Waals surface area contributed by atoms with Crippen LogP contribution in [0.3, 0.4) is 0 Å². The summed E-state index contributed by atoms with van der Waals surface area (Å²) in [6, 6.07) is 16.4. The molecule has 2 amide bonds. The van der Waals surface area contributed by atoms with Gasteiger partial charge in [0.15, 0.2) is 0 Å². The SMILES string of the molecule is O=C(O)CCC1CN(C(=O)CCCNC(=O)OCC2c3ccccc3-c3ccccc32)C1. The van der Waals surface area contributed by atoms with Gasteiger partial charge in [-0.15, -0.1) is 0 Å². The molecule has 1 heterocycles. The highest BCUT2D eigenvalue weighted by atomic mass is 16.5. The first-order valence-electron chi connectivity index (χ1n) is 11.1. The number of amides is 2. The van der Waals surface area contributed by atoms with E-state index in [0.717, 1.165) is 0 Å². The van der Waals surface area contributed by atoms with E-state index in [0.29, 0.717) is 38.9 Å². The van der Waals surface area contributed by atoms with E-state index < -0.39 is 12.1 Å². The number of ether oxygens (including phenoxy) is 1. The van der Waals surface area contributed by atoms with Crippen molar-refractivity contribution in [3.05, 3.63) is 59.7 Å². The highest BCUT2D eigenvalue weighted by Crippen LogP contribution is 2.44. The summed E-state index contributed by atoms with van der Waals surface area (Å²) in [4.78, 5) is 36.7. The molecule has 1 aliphatic heterocycles. The van der Waals surface area contributed by atoms with Gasteiger partial charge in [0, 0.05) is 38.4 Å². The summed E-state index contributed by atoms with van der Waals surface area (Å²) in [5.74, 6) is -0.441. The number of carboxylic acids is 1. The minimum absolute atomic E-state index is 0.0233. The minimum Gasteiger partial charge on any atom is -0.481 e. The molecule has 0 radical (unpaired) electrons. The number of benzene rings is 2. The zero-order chi connectivity index (χ0) is 22.5. The monoisotopic (exact) mass is 436 g/mol. The lowest BCUT2D eigenvalue weighted by atomic mass is 9.94. The van der Waals surface area contributed by atoms with Crippen LogP contribution in [0.25, 0.3) is 11.1 Å². The second kappa shape index (κ2) is 9.85. The first kappa shape index (κ1) is 21.9. The number of rotatable bonds is 9. The predicted molar refractivity (Wildman–Crippen MR) is 119 cm³/mol. The van der Waals surface area contributed by atoms with Gasteiger partial charge in [-0.2, -0.15) is 0 Å². The van der Waals surface area contributed by atoms with Gasteiger partial charge < -0.3 is 20.1 Å². The first-order chi connectivity index (χ1) is 15.5. The molecule has 168 valence electrons. The molecule has 2 aromatic rings. The molecular formula is C25H28N2O5. The molecule has 4 rings (SSSR count). The summed E-state index contributed by atoms with van der Waals surface area (Å²) >= 11 is 0. The smallest absolute Gasteiger partial charge is 0.407 e. The molecule has 1 saturated heterocycles. The highest BCUT2D eigenvalue weighted by Gasteiger charge is 2.30. The largest absolute Gasteiger partial charge is 0.481 e. The van der Waals surface area contributed by atoms with Crippen LogP contribution in [-0.4, -0.2) is 54.2 Å². The number of alkyl carbamates (subject to hydrolysis) is 1. The van der Waals surface area contributed by atoms with Crippen molar-refractivity contribution < 1.29 is 24.2 Å². The van der Waals surface area contributed by atoms with Crippen LogP contribution in [0.1, 0.15) is 42.7 Å². The molecular weight excluding hydrogens is 408 g/mol. The van der Waals surface area contributed by atoms with Crippen molar-refractivity contribution in [2.24, 2.45) is 5.92 Å². The third-order valence-electron chi connectivity index (χ3n) is 6.26. The predicted octanol–water partition coefficient (Wildman–Crippen LogP) is 3.63. The highest BCUT2D eigenvalue weighted by molar-refractivity contribution is 5.79. The van der Waals surface area contributed by atoms with E-state index in [1.165, 1.54) is 22.3 Å². The second-order valence-electron chi connectivity index (χ2n) is 8.45. The molecule has 0 aromatic heterocycles. The molecule has 0 saturated carbocycles. The standard InChI is InChI=1S/C25H28N2O5/c28-23(27-14-17(15-27)11-12-24(29)30)10-5-13-26-25(31)32-16-22-20-8-3-1-6-18(20)19-7-2-4-9-21(19)22/h1-4,6-9,17,22H,5,10-16H2,(H,26,31)(H,29,30). The summed E-state index contributed by atoms with van der Waals surface area (Å²) in [7, 11) is 0. The van der Waals surface area contributed by atoms with Crippen LogP contribution in [0, 0.1) is 5.92 Å². The zero-order valence-corrected chi connectivity index (χ0v) is 18.0. The van der Waals surface area contributed by atoms with Gasteiger partial charge in [0.2, 0.25) is 5.91 Å². The van der Waals surface area contributed by atoms with Gasteiger partial charge in [0.05, 0.1) is 0 Å². The minimum atomic E-state index is -0.797. The molecule has 2 aliphatic rings. The number of nitrogens with zero attached hydrogens (tertiary/aromatic N) is 1. The summed E-state index contributed by atoms with van der Waals surface area (Å²) in [6.07, 6.45) is 1.19. The van der Waals surface area contributed by atoms with Gasteiger partial charge in [-0.3, -0.25) is 9.59 Å². The maximum Gasteiger partial charge on any atom is 0.407 e. The Morgan fingerprint density at radius 3 is 2.22 bits per heavy atom. The number of hydrogen-bond acceptors (Lipinski definition) is 4. The quantitative estimate of drug-likeness (QED) is 0.585. The van der Waals surface area contributed by atoms with Gasteiger partial charge >= 0.3 is 12.1 Å². The van der Waals surface area contributed by atoms with Gasteiger partial charge in [0.1, 0.15) is 6.61 Å².